The second kappa shape index (κ2) is 9.02. The number of ether oxygens (including phenoxy) is 1. The Balaban J connectivity index is 2.23. The summed E-state index contributed by atoms with van der Waals surface area (Å²) in [5, 5.41) is 2.71. The molecule has 0 aliphatic rings. The molecule has 2 aromatic rings. The molecule has 7 nitrogen and oxygen atoms in total. The third-order valence-corrected chi connectivity index (χ3v) is 6.41. The van der Waals surface area contributed by atoms with Gasteiger partial charge in [-0.2, -0.15) is 0 Å². The van der Waals surface area contributed by atoms with Gasteiger partial charge in [0.05, 0.1) is 22.0 Å². The van der Waals surface area contributed by atoms with Crippen molar-refractivity contribution in [3.05, 3.63) is 62.0 Å². The van der Waals surface area contributed by atoms with Crippen LogP contribution >= 0.6 is 15.9 Å². The Morgan fingerprint density at radius 2 is 1.89 bits per heavy atom. The summed E-state index contributed by atoms with van der Waals surface area (Å²) < 4.78 is 30.3. The number of methoxy groups -OCH3 is 1. The van der Waals surface area contributed by atoms with Crippen molar-refractivity contribution in [1.29, 1.82) is 0 Å². The molecular formula is C19H23BrN2O5S. The smallest absolute Gasteiger partial charge is 0.257 e. The fourth-order valence-electron chi connectivity index (χ4n) is 2.76. The largest absolute Gasteiger partial charge is 0.383 e. The van der Waals surface area contributed by atoms with E-state index in [0.29, 0.717) is 16.8 Å². The number of halogens is 1. The van der Waals surface area contributed by atoms with Crippen LogP contribution in [0.5, 0.6) is 0 Å². The van der Waals surface area contributed by atoms with Gasteiger partial charge in [0.2, 0.25) is 5.43 Å². The van der Waals surface area contributed by atoms with E-state index in [1.165, 1.54) is 18.3 Å². The van der Waals surface area contributed by atoms with Crippen molar-refractivity contribution in [1.82, 2.24) is 9.88 Å². The van der Waals surface area contributed by atoms with E-state index in [4.69, 9.17) is 4.74 Å². The first kappa shape index (κ1) is 22.3. The molecule has 152 valence electrons. The Labute approximate surface area is 172 Å². The number of nitrogens with zero attached hydrogens (tertiary/aromatic N) is 1. The van der Waals surface area contributed by atoms with Crippen LogP contribution in [0.4, 0.5) is 0 Å². The van der Waals surface area contributed by atoms with E-state index in [0.717, 1.165) is 11.8 Å². The van der Waals surface area contributed by atoms with Crippen molar-refractivity contribution in [2.75, 3.05) is 20.0 Å². The SMILES string of the molecule is COC[C@@H](C)n1cc(C(=O)NCc2ccc(S(C)(=O)=O)cc2)c(=O)c(Br)c1C. The number of hydrogen-bond donors (Lipinski definition) is 1. The zero-order valence-corrected chi connectivity index (χ0v) is 18.6. The van der Waals surface area contributed by atoms with E-state index in [2.05, 4.69) is 21.2 Å². The molecule has 0 saturated heterocycles. The first-order valence-corrected chi connectivity index (χ1v) is 11.2. The van der Waals surface area contributed by atoms with Crippen molar-refractivity contribution in [2.45, 2.75) is 31.3 Å². The summed E-state index contributed by atoms with van der Waals surface area (Å²) in [4.78, 5) is 25.3. The van der Waals surface area contributed by atoms with Crippen LogP contribution in [-0.2, 0) is 21.1 Å². The Kier molecular flexibility index (Phi) is 7.19. The van der Waals surface area contributed by atoms with Gasteiger partial charge >= 0.3 is 0 Å². The highest BCUT2D eigenvalue weighted by atomic mass is 79.9. The molecule has 0 spiro atoms. The molecule has 28 heavy (non-hydrogen) atoms. The van der Waals surface area contributed by atoms with E-state index >= 15 is 0 Å². The number of hydrogen-bond acceptors (Lipinski definition) is 5. The van der Waals surface area contributed by atoms with Crippen LogP contribution in [0.3, 0.4) is 0 Å². The molecular weight excluding hydrogens is 448 g/mol. The van der Waals surface area contributed by atoms with Crippen molar-refractivity contribution < 1.29 is 17.9 Å². The lowest BCUT2D eigenvalue weighted by atomic mass is 10.2. The lowest BCUT2D eigenvalue weighted by molar-refractivity contribution is 0.0948. The summed E-state index contributed by atoms with van der Waals surface area (Å²) in [6.07, 6.45) is 2.67. The number of rotatable bonds is 7. The normalized spacial score (nSPS) is 12.6. The summed E-state index contributed by atoms with van der Waals surface area (Å²) in [6, 6.07) is 6.16. The van der Waals surface area contributed by atoms with Gasteiger partial charge in [-0.05, 0) is 47.5 Å². The molecule has 1 amide bonds. The van der Waals surface area contributed by atoms with E-state index < -0.39 is 15.7 Å². The minimum atomic E-state index is -3.27. The summed E-state index contributed by atoms with van der Waals surface area (Å²) in [5.74, 6) is -0.503. The standard InChI is InChI=1S/C19H23BrN2O5S/c1-12(11-27-3)22-10-16(18(23)17(20)13(22)2)19(24)21-9-14-5-7-15(8-6-14)28(4,25)26/h5-8,10,12H,9,11H2,1-4H3,(H,21,24)/t12-/m1/s1. The minimum Gasteiger partial charge on any atom is -0.383 e. The van der Waals surface area contributed by atoms with Crippen LogP contribution in [0.1, 0.15) is 34.6 Å². The number of sulfone groups is 1. The maximum Gasteiger partial charge on any atom is 0.257 e. The maximum atomic E-state index is 12.6. The van der Waals surface area contributed by atoms with Crippen molar-refractivity contribution >= 4 is 31.7 Å². The lowest BCUT2D eigenvalue weighted by Gasteiger charge is -2.20. The molecule has 1 heterocycles. The van der Waals surface area contributed by atoms with Gasteiger partial charge in [-0.25, -0.2) is 8.42 Å². The van der Waals surface area contributed by atoms with Gasteiger partial charge in [0, 0.05) is 31.8 Å². The van der Waals surface area contributed by atoms with Gasteiger partial charge in [0.25, 0.3) is 5.91 Å². The van der Waals surface area contributed by atoms with Crippen LogP contribution in [0, 0.1) is 6.92 Å². The number of amides is 1. The fraction of sp³-hybridized carbons (Fsp3) is 0.368. The van der Waals surface area contributed by atoms with Gasteiger partial charge in [-0.15, -0.1) is 0 Å². The third kappa shape index (κ3) is 5.09. The highest BCUT2D eigenvalue weighted by molar-refractivity contribution is 9.10. The van der Waals surface area contributed by atoms with Crippen molar-refractivity contribution in [3.8, 4) is 0 Å². The number of carbonyl (C=O) groups excluding carboxylic acids is 1. The molecule has 0 fully saturated rings. The minimum absolute atomic E-state index is 0.0215. The molecule has 0 unspecified atom stereocenters. The van der Waals surface area contributed by atoms with Gasteiger partial charge in [-0.1, -0.05) is 12.1 Å². The predicted molar refractivity (Wildman–Crippen MR) is 110 cm³/mol. The number of carbonyl (C=O) groups is 1. The topological polar surface area (TPSA) is 94.5 Å². The van der Waals surface area contributed by atoms with Gasteiger partial charge in [0.15, 0.2) is 9.84 Å². The lowest BCUT2D eigenvalue weighted by Crippen LogP contribution is -2.31. The predicted octanol–water partition coefficient (Wildman–Crippen LogP) is 2.46. The second-order valence-corrected chi connectivity index (χ2v) is 9.39. The molecule has 0 saturated carbocycles. The molecule has 1 aromatic heterocycles. The van der Waals surface area contributed by atoms with E-state index in [-0.39, 0.29) is 28.5 Å². The van der Waals surface area contributed by atoms with Gasteiger partial charge < -0.3 is 14.6 Å². The summed E-state index contributed by atoms with van der Waals surface area (Å²) in [5.41, 5.74) is 1.07. The molecule has 1 N–H and O–H groups in total. The summed E-state index contributed by atoms with van der Waals surface area (Å²) in [7, 11) is -1.68. The Morgan fingerprint density at radius 1 is 1.29 bits per heavy atom. The van der Waals surface area contributed by atoms with Crippen molar-refractivity contribution in [2.24, 2.45) is 0 Å². The highest BCUT2D eigenvalue weighted by Gasteiger charge is 2.19. The molecule has 0 aliphatic heterocycles. The fourth-order valence-corrected chi connectivity index (χ4v) is 3.81. The quantitative estimate of drug-likeness (QED) is 0.670. The van der Waals surface area contributed by atoms with Crippen LogP contribution < -0.4 is 10.7 Å². The number of pyridine rings is 1. The van der Waals surface area contributed by atoms with Crippen molar-refractivity contribution in [3.63, 3.8) is 0 Å². The van der Waals surface area contributed by atoms with Crippen LogP contribution in [-0.4, -0.2) is 38.9 Å². The second-order valence-electron chi connectivity index (χ2n) is 6.58. The van der Waals surface area contributed by atoms with E-state index in [9.17, 15) is 18.0 Å². The van der Waals surface area contributed by atoms with E-state index in [1.807, 2.05) is 11.5 Å². The molecule has 1 aromatic carbocycles. The average Bonchev–Trinajstić information content (AvgIpc) is 2.64. The zero-order chi connectivity index (χ0) is 21.1. The number of nitrogens with one attached hydrogen (secondary N) is 1. The Morgan fingerprint density at radius 3 is 2.43 bits per heavy atom. The average molecular weight is 471 g/mol. The highest BCUT2D eigenvalue weighted by Crippen LogP contribution is 2.18. The van der Waals surface area contributed by atoms with Gasteiger partial charge in [-0.3, -0.25) is 9.59 Å². The molecule has 1 atom stereocenters. The first-order valence-electron chi connectivity index (χ1n) is 8.53. The van der Waals surface area contributed by atoms with Crippen LogP contribution in [0.25, 0.3) is 0 Å². The Bertz CT molecular complexity index is 1030. The molecule has 0 bridgehead atoms. The zero-order valence-electron chi connectivity index (χ0n) is 16.2. The van der Waals surface area contributed by atoms with E-state index in [1.54, 1.807) is 26.2 Å². The monoisotopic (exact) mass is 470 g/mol. The summed E-state index contributed by atoms with van der Waals surface area (Å²) >= 11 is 3.28. The summed E-state index contributed by atoms with van der Waals surface area (Å²) in [6.45, 7) is 4.33. The van der Waals surface area contributed by atoms with Crippen LogP contribution in [0.15, 0.2) is 44.6 Å². The van der Waals surface area contributed by atoms with Crippen LogP contribution in [0.2, 0.25) is 0 Å². The van der Waals surface area contributed by atoms with Gasteiger partial charge in [0.1, 0.15) is 5.56 Å². The molecule has 0 aliphatic carbocycles. The molecule has 2 rings (SSSR count). The number of aromatic nitrogens is 1. The first-order chi connectivity index (χ1) is 13.1. The molecule has 0 radical (unpaired) electrons. The number of benzene rings is 1. The maximum absolute atomic E-state index is 12.6. The molecule has 9 heteroatoms. The third-order valence-electron chi connectivity index (χ3n) is 4.35. The Hall–Kier alpha value is -1.97.